The average molecular weight is 279 g/mol. The Hall–Kier alpha value is -1.22. The molecule has 0 aliphatic heterocycles. The lowest BCUT2D eigenvalue weighted by Crippen LogP contribution is -2.37. The Morgan fingerprint density at radius 2 is 1.75 bits per heavy atom. The van der Waals surface area contributed by atoms with E-state index in [4.69, 9.17) is 9.47 Å². The molecule has 1 atom stereocenters. The van der Waals surface area contributed by atoms with Gasteiger partial charge in [-0.1, -0.05) is 27.7 Å². The lowest BCUT2D eigenvalue weighted by molar-refractivity contribution is 0.151. The van der Waals surface area contributed by atoms with E-state index >= 15 is 0 Å². The van der Waals surface area contributed by atoms with Crippen molar-refractivity contribution in [3.8, 4) is 11.5 Å². The summed E-state index contributed by atoms with van der Waals surface area (Å²) in [5.74, 6) is 2.39. The molecule has 0 saturated heterocycles. The second-order valence-corrected chi connectivity index (χ2v) is 5.86. The van der Waals surface area contributed by atoms with Gasteiger partial charge in [0.15, 0.2) is 0 Å². The molecule has 114 valence electrons. The largest absolute Gasteiger partial charge is 0.497 e. The van der Waals surface area contributed by atoms with E-state index in [1.54, 1.807) is 7.11 Å². The van der Waals surface area contributed by atoms with Crippen molar-refractivity contribution in [3.05, 3.63) is 24.3 Å². The lowest BCUT2D eigenvalue weighted by atomic mass is 9.76. The van der Waals surface area contributed by atoms with Crippen molar-refractivity contribution in [2.24, 2.45) is 11.3 Å². The fourth-order valence-corrected chi connectivity index (χ4v) is 2.07. The van der Waals surface area contributed by atoms with Crippen molar-refractivity contribution >= 4 is 0 Å². The van der Waals surface area contributed by atoms with Crippen molar-refractivity contribution < 1.29 is 9.47 Å². The Balaban J connectivity index is 2.46. The second kappa shape index (κ2) is 8.15. The molecule has 1 N–H and O–H groups in total. The molecular weight excluding hydrogens is 250 g/mol. The Labute approximate surface area is 123 Å². The molecule has 1 rings (SSSR count). The summed E-state index contributed by atoms with van der Waals surface area (Å²) >= 11 is 0. The fraction of sp³-hybridized carbons (Fsp3) is 0.647. The van der Waals surface area contributed by atoms with E-state index in [-0.39, 0.29) is 5.41 Å². The van der Waals surface area contributed by atoms with Crippen LogP contribution in [0.15, 0.2) is 24.3 Å². The molecule has 0 bridgehead atoms. The zero-order valence-corrected chi connectivity index (χ0v) is 13.5. The minimum Gasteiger partial charge on any atom is -0.497 e. The average Bonchev–Trinajstić information content (AvgIpc) is 2.45. The molecule has 0 aromatic heterocycles. The van der Waals surface area contributed by atoms with Gasteiger partial charge >= 0.3 is 0 Å². The van der Waals surface area contributed by atoms with E-state index in [1.165, 1.54) is 0 Å². The Kier molecular flexibility index (Phi) is 6.86. The maximum atomic E-state index is 5.85. The van der Waals surface area contributed by atoms with E-state index < -0.39 is 0 Å². The molecular formula is C17H29NO2. The molecule has 0 aliphatic carbocycles. The minimum absolute atomic E-state index is 0.266. The molecule has 0 saturated carbocycles. The lowest BCUT2D eigenvalue weighted by Gasteiger charge is -2.34. The molecule has 3 heteroatoms. The summed E-state index contributed by atoms with van der Waals surface area (Å²) in [5, 5.41) is 3.46. The molecule has 3 nitrogen and oxygen atoms in total. The molecule has 0 radical (unpaired) electrons. The first kappa shape index (κ1) is 16.8. The predicted octanol–water partition coefficient (Wildman–Crippen LogP) is 3.74. The molecule has 1 aromatic carbocycles. The van der Waals surface area contributed by atoms with Crippen LogP contribution in [0.5, 0.6) is 11.5 Å². The summed E-state index contributed by atoms with van der Waals surface area (Å²) in [4.78, 5) is 0. The molecule has 1 aromatic rings. The third-order valence-corrected chi connectivity index (χ3v) is 4.17. The number of nitrogens with one attached hydrogen (secondary N) is 1. The molecule has 0 amide bonds. The van der Waals surface area contributed by atoms with Crippen LogP contribution in [0.2, 0.25) is 0 Å². The topological polar surface area (TPSA) is 30.5 Å². The van der Waals surface area contributed by atoms with Crippen LogP contribution in [0, 0.1) is 11.3 Å². The van der Waals surface area contributed by atoms with Crippen LogP contribution in [0.3, 0.4) is 0 Å². The maximum Gasteiger partial charge on any atom is 0.119 e. The Morgan fingerprint density at radius 1 is 1.15 bits per heavy atom. The van der Waals surface area contributed by atoms with E-state index in [0.717, 1.165) is 37.6 Å². The van der Waals surface area contributed by atoms with Gasteiger partial charge in [-0.25, -0.2) is 0 Å². The molecule has 20 heavy (non-hydrogen) atoms. The van der Waals surface area contributed by atoms with Crippen LogP contribution in [0.4, 0.5) is 0 Å². The summed E-state index contributed by atoms with van der Waals surface area (Å²) in [6.07, 6.45) is 1.05. The zero-order valence-electron chi connectivity index (χ0n) is 13.5. The summed E-state index contributed by atoms with van der Waals surface area (Å²) < 4.78 is 11.0. The fourth-order valence-electron chi connectivity index (χ4n) is 2.07. The van der Waals surface area contributed by atoms with E-state index in [1.807, 2.05) is 24.3 Å². The van der Waals surface area contributed by atoms with Crippen molar-refractivity contribution in [1.82, 2.24) is 5.32 Å². The highest BCUT2D eigenvalue weighted by molar-refractivity contribution is 5.31. The van der Waals surface area contributed by atoms with Crippen LogP contribution in [-0.2, 0) is 0 Å². The van der Waals surface area contributed by atoms with Gasteiger partial charge in [-0.05, 0) is 48.6 Å². The second-order valence-electron chi connectivity index (χ2n) is 5.86. The van der Waals surface area contributed by atoms with Crippen molar-refractivity contribution in [2.75, 3.05) is 26.8 Å². The van der Waals surface area contributed by atoms with Crippen LogP contribution < -0.4 is 14.8 Å². The van der Waals surface area contributed by atoms with E-state index in [0.29, 0.717) is 5.92 Å². The van der Waals surface area contributed by atoms with Gasteiger partial charge in [-0.3, -0.25) is 0 Å². The smallest absolute Gasteiger partial charge is 0.119 e. The number of benzene rings is 1. The highest BCUT2D eigenvalue weighted by atomic mass is 16.5. The molecule has 0 fully saturated rings. The summed E-state index contributed by atoms with van der Waals surface area (Å²) in [6, 6.07) is 7.76. The highest BCUT2D eigenvalue weighted by Crippen LogP contribution is 2.30. The zero-order chi connectivity index (χ0) is 15.0. The van der Waals surface area contributed by atoms with Crippen LogP contribution >= 0.6 is 0 Å². The van der Waals surface area contributed by atoms with Gasteiger partial charge in [-0.15, -0.1) is 0 Å². The van der Waals surface area contributed by atoms with E-state index in [9.17, 15) is 0 Å². The van der Waals surface area contributed by atoms with Gasteiger partial charge in [0.1, 0.15) is 11.5 Å². The van der Waals surface area contributed by atoms with Crippen molar-refractivity contribution in [3.63, 3.8) is 0 Å². The van der Waals surface area contributed by atoms with Gasteiger partial charge in [0.05, 0.1) is 13.7 Å². The first-order chi connectivity index (χ1) is 9.51. The quantitative estimate of drug-likeness (QED) is 0.747. The highest BCUT2D eigenvalue weighted by Gasteiger charge is 2.27. The third kappa shape index (κ3) is 5.04. The number of methoxy groups -OCH3 is 1. The van der Waals surface area contributed by atoms with Gasteiger partial charge in [0.2, 0.25) is 0 Å². The van der Waals surface area contributed by atoms with Crippen LogP contribution in [0.1, 0.15) is 34.1 Å². The van der Waals surface area contributed by atoms with E-state index in [2.05, 4.69) is 33.0 Å². The Bertz CT molecular complexity index is 375. The first-order valence-electron chi connectivity index (χ1n) is 7.49. The molecule has 0 aliphatic rings. The van der Waals surface area contributed by atoms with Crippen LogP contribution in [0.25, 0.3) is 0 Å². The SMILES string of the molecule is CCNCC(C)(CCOc1ccc(OC)cc1)C(C)C. The van der Waals surface area contributed by atoms with Gasteiger partial charge in [-0.2, -0.15) is 0 Å². The maximum absolute atomic E-state index is 5.85. The molecule has 1 unspecified atom stereocenters. The normalized spacial score (nSPS) is 14.1. The van der Waals surface area contributed by atoms with Crippen LogP contribution in [-0.4, -0.2) is 26.8 Å². The van der Waals surface area contributed by atoms with Gasteiger partial charge < -0.3 is 14.8 Å². The van der Waals surface area contributed by atoms with Crippen molar-refractivity contribution in [2.45, 2.75) is 34.1 Å². The number of hydrogen-bond acceptors (Lipinski definition) is 3. The third-order valence-electron chi connectivity index (χ3n) is 4.17. The minimum atomic E-state index is 0.266. The van der Waals surface area contributed by atoms with Crippen molar-refractivity contribution in [1.29, 1.82) is 0 Å². The number of hydrogen-bond donors (Lipinski definition) is 1. The molecule has 0 spiro atoms. The number of rotatable bonds is 9. The monoisotopic (exact) mass is 279 g/mol. The first-order valence-corrected chi connectivity index (χ1v) is 7.49. The summed E-state index contributed by atoms with van der Waals surface area (Å²) in [7, 11) is 1.67. The van der Waals surface area contributed by atoms with Gasteiger partial charge in [0, 0.05) is 6.54 Å². The molecule has 0 heterocycles. The number of ether oxygens (including phenoxy) is 2. The summed E-state index contributed by atoms with van der Waals surface area (Å²) in [6.45, 7) is 11.8. The standard InChI is InChI=1S/C17H29NO2/c1-6-18-13-17(4,14(2)3)11-12-20-16-9-7-15(19-5)8-10-16/h7-10,14,18H,6,11-13H2,1-5H3. The van der Waals surface area contributed by atoms with Gasteiger partial charge in [0.25, 0.3) is 0 Å². The Morgan fingerprint density at radius 3 is 2.25 bits per heavy atom. The summed E-state index contributed by atoms with van der Waals surface area (Å²) in [5.41, 5.74) is 0.266. The predicted molar refractivity (Wildman–Crippen MR) is 84.6 cm³/mol.